The largest absolute Gasteiger partial charge is 0.380 e. The quantitative estimate of drug-likeness (QED) is 0.770. The maximum atomic E-state index is 13.4. The van der Waals surface area contributed by atoms with Crippen LogP contribution in [-0.4, -0.2) is 65.2 Å². The average molecular weight is 397 g/mol. The second-order valence-electron chi connectivity index (χ2n) is 7.97. The first-order chi connectivity index (χ1) is 14.0. The minimum Gasteiger partial charge on any atom is -0.380 e. The summed E-state index contributed by atoms with van der Waals surface area (Å²) in [5, 5.41) is 3.95. The van der Waals surface area contributed by atoms with E-state index in [0.29, 0.717) is 25.3 Å². The zero-order valence-corrected chi connectivity index (χ0v) is 17.1. The molecule has 2 aromatic rings. The van der Waals surface area contributed by atoms with Gasteiger partial charge in [-0.25, -0.2) is 0 Å². The van der Waals surface area contributed by atoms with Gasteiger partial charge in [0.1, 0.15) is 11.8 Å². The molecule has 4 rings (SSSR count). The van der Waals surface area contributed by atoms with Crippen molar-refractivity contribution in [2.45, 2.75) is 51.3 Å². The van der Waals surface area contributed by atoms with Crippen LogP contribution in [0.4, 0.5) is 0 Å². The molecule has 154 valence electrons. The first kappa shape index (κ1) is 19.6. The van der Waals surface area contributed by atoms with E-state index >= 15 is 0 Å². The minimum atomic E-state index is -0.503. The van der Waals surface area contributed by atoms with Crippen molar-refractivity contribution in [1.29, 1.82) is 0 Å². The average Bonchev–Trinajstić information content (AvgIpc) is 3.29. The molecule has 0 aliphatic carbocycles. The Morgan fingerprint density at radius 2 is 2.00 bits per heavy atom. The monoisotopic (exact) mass is 397 g/mol. The third-order valence-corrected chi connectivity index (χ3v) is 6.16. The number of amides is 2. The van der Waals surface area contributed by atoms with Crippen molar-refractivity contribution in [3.05, 3.63) is 52.9 Å². The molecule has 2 aliphatic rings. The van der Waals surface area contributed by atoms with Gasteiger partial charge in [-0.05, 0) is 25.8 Å². The molecular formula is C22H27N3O4. The predicted octanol–water partition coefficient (Wildman–Crippen LogP) is 1.90. The summed E-state index contributed by atoms with van der Waals surface area (Å²) in [6.07, 6.45) is 1.49. The third kappa shape index (κ3) is 3.79. The molecule has 0 radical (unpaired) electrons. The van der Waals surface area contributed by atoms with E-state index < -0.39 is 6.04 Å². The van der Waals surface area contributed by atoms with Crippen LogP contribution in [0.15, 0.2) is 34.9 Å². The SMILES string of the molecule is CO[C@H]1C[C@H]2CN(C(=O)Cc3c(C)noc3C)[C@@H](Cc3ccccc3)C(=O)N2C1. The number of carbonyl (C=O) groups excluding carboxylic acids is 2. The Kier molecular flexibility index (Phi) is 5.41. The number of aromatic nitrogens is 1. The Labute approximate surface area is 170 Å². The molecule has 3 heterocycles. The first-order valence-corrected chi connectivity index (χ1v) is 10.1. The van der Waals surface area contributed by atoms with Crippen LogP contribution in [0, 0.1) is 13.8 Å². The van der Waals surface area contributed by atoms with Gasteiger partial charge in [-0.3, -0.25) is 9.59 Å². The standard InChI is InChI=1S/C22H27N3O4/c1-14-19(15(2)29-23-14)11-21(26)25-12-17-10-18(28-3)13-24(17)22(27)20(25)9-16-7-5-4-6-8-16/h4-8,17-18,20H,9-13H2,1-3H3/t17-,18-,20-/m0/s1. The van der Waals surface area contributed by atoms with E-state index in [2.05, 4.69) is 5.16 Å². The summed E-state index contributed by atoms with van der Waals surface area (Å²) in [7, 11) is 1.68. The van der Waals surface area contributed by atoms with E-state index in [1.165, 1.54) is 0 Å². The van der Waals surface area contributed by atoms with Crippen LogP contribution in [0.5, 0.6) is 0 Å². The summed E-state index contributed by atoms with van der Waals surface area (Å²) in [5.74, 6) is 0.603. The fourth-order valence-corrected chi connectivity index (χ4v) is 4.48. The van der Waals surface area contributed by atoms with Gasteiger partial charge in [-0.15, -0.1) is 0 Å². The molecule has 2 aliphatic heterocycles. The summed E-state index contributed by atoms with van der Waals surface area (Å²) in [5.41, 5.74) is 2.58. The lowest BCUT2D eigenvalue weighted by Crippen LogP contribution is -2.62. The molecule has 2 amide bonds. The van der Waals surface area contributed by atoms with Gasteiger partial charge in [0, 0.05) is 32.2 Å². The zero-order valence-electron chi connectivity index (χ0n) is 17.1. The molecular weight excluding hydrogens is 370 g/mol. The van der Waals surface area contributed by atoms with Crippen molar-refractivity contribution < 1.29 is 18.8 Å². The molecule has 7 nitrogen and oxygen atoms in total. The van der Waals surface area contributed by atoms with Crippen LogP contribution >= 0.6 is 0 Å². The van der Waals surface area contributed by atoms with Crippen molar-refractivity contribution >= 4 is 11.8 Å². The van der Waals surface area contributed by atoms with Crippen molar-refractivity contribution in [3.63, 3.8) is 0 Å². The van der Waals surface area contributed by atoms with Gasteiger partial charge in [0.05, 0.1) is 24.3 Å². The minimum absolute atomic E-state index is 0.00749. The van der Waals surface area contributed by atoms with Gasteiger partial charge in [0.25, 0.3) is 0 Å². The fourth-order valence-electron chi connectivity index (χ4n) is 4.48. The van der Waals surface area contributed by atoms with Crippen molar-refractivity contribution in [1.82, 2.24) is 15.0 Å². The summed E-state index contributed by atoms with van der Waals surface area (Å²) in [6.45, 7) is 4.78. The summed E-state index contributed by atoms with van der Waals surface area (Å²) < 4.78 is 10.7. The van der Waals surface area contributed by atoms with Gasteiger partial charge in [-0.2, -0.15) is 0 Å². The highest BCUT2D eigenvalue weighted by Crippen LogP contribution is 2.29. The maximum Gasteiger partial charge on any atom is 0.246 e. The number of hydrogen-bond acceptors (Lipinski definition) is 5. The van der Waals surface area contributed by atoms with Gasteiger partial charge in [0.2, 0.25) is 11.8 Å². The molecule has 1 aromatic heterocycles. The van der Waals surface area contributed by atoms with Crippen LogP contribution in [0.25, 0.3) is 0 Å². The molecule has 2 fully saturated rings. The van der Waals surface area contributed by atoms with Crippen LogP contribution in [0.3, 0.4) is 0 Å². The number of rotatable bonds is 5. The summed E-state index contributed by atoms with van der Waals surface area (Å²) in [4.78, 5) is 30.3. The fraction of sp³-hybridized carbons (Fsp3) is 0.500. The molecule has 3 atom stereocenters. The highest BCUT2D eigenvalue weighted by atomic mass is 16.5. The first-order valence-electron chi connectivity index (χ1n) is 10.1. The molecule has 0 bridgehead atoms. The lowest BCUT2D eigenvalue weighted by atomic mass is 9.97. The third-order valence-electron chi connectivity index (χ3n) is 6.16. The molecule has 0 unspecified atom stereocenters. The van der Waals surface area contributed by atoms with Crippen LogP contribution in [0.1, 0.15) is 29.0 Å². The number of carbonyl (C=O) groups is 2. The predicted molar refractivity (Wildman–Crippen MR) is 106 cm³/mol. The number of hydrogen-bond donors (Lipinski definition) is 0. The number of ether oxygens (including phenoxy) is 1. The topological polar surface area (TPSA) is 75.9 Å². The van der Waals surface area contributed by atoms with Gasteiger partial charge < -0.3 is 19.1 Å². The smallest absolute Gasteiger partial charge is 0.246 e. The molecule has 1 aromatic carbocycles. The second-order valence-corrected chi connectivity index (χ2v) is 7.97. The summed E-state index contributed by atoms with van der Waals surface area (Å²) in [6, 6.07) is 9.37. The highest BCUT2D eigenvalue weighted by molar-refractivity contribution is 5.90. The number of benzene rings is 1. The molecule has 29 heavy (non-hydrogen) atoms. The van der Waals surface area contributed by atoms with Crippen molar-refractivity contribution in [2.24, 2.45) is 0 Å². The Bertz CT molecular complexity index is 875. The molecule has 7 heteroatoms. The molecule has 0 spiro atoms. The van der Waals surface area contributed by atoms with Crippen LogP contribution in [0.2, 0.25) is 0 Å². The zero-order chi connectivity index (χ0) is 20.5. The van der Waals surface area contributed by atoms with Crippen molar-refractivity contribution in [2.75, 3.05) is 20.2 Å². The van der Waals surface area contributed by atoms with E-state index in [0.717, 1.165) is 23.2 Å². The lowest BCUT2D eigenvalue weighted by molar-refractivity contribution is -0.153. The van der Waals surface area contributed by atoms with Crippen molar-refractivity contribution in [3.8, 4) is 0 Å². The van der Waals surface area contributed by atoms with Gasteiger partial charge in [0.15, 0.2) is 0 Å². The number of methoxy groups -OCH3 is 1. The number of piperazine rings is 1. The Morgan fingerprint density at radius 1 is 1.24 bits per heavy atom. The van der Waals surface area contributed by atoms with E-state index in [-0.39, 0.29) is 30.4 Å². The number of aryl methyl sites for hydroxylation is 2. The maximum absolute atomic E-state index is 13.4. The molecule has 0 saturated carbocycles. The van der Waals surface area contributed by atoms with Crippen LogP contribution in [-0.2, 0) is 27.2 Å². The Morgan fingerprint density at radius 3 is 2.66 bits per heavy atom. The van der Waals surface area contributed by atoms with E-state index in [1.807, 2.05) is 49.1 Å². The van der Waals surface area contributed by atoms with Gasteiger partial charge in [-0.1, -0.05) is 35.5 Å². The van der Waals surface area contributed by atoms with Gasteiger partial charge >= 0.3 is 0 Å². The second kappa shape index (κ2) is 7.99. The van der Waals surface area contributed by atoms with E-state index in [9.17, 15) is 9.59 Å². The lowest BCUT2D eigenvalue weighted by Gasteiger charge is -2.43. The van der Waals surface area contributed by atoms with Crippen LogP contribution < -0.4 is 0 Å². The molecule has 0 N–H and O–H groups in total. The van der Waals surface area contributed by atoms with E-state index in [1.54, 1.807) is 12.0 Å². The highest BCUT2D eigenvalue weighted by Gasteiger charge is 2.46. The number of fused-ring (bicyclic) bond motifs is 1. The Balaban J connectivity index is 1.61. The summed E-state index contributed by atoms with van der Waals surface area (Å²) >= 11 is 0. The van der Waals surface area contributed by atoms with E-state index in [4.69, 9.17) is 9.26 Å². The normalized spacial score (nSPS) is 24.1. The molecule has 2 saturated heterocycles. The Hall–Kier alpha value is -2.67. The number of nitrogens with zero attached hydrogens (tertiary/aromatic N) is 3.